The average Bonchev–Trinajstić information content (AvgIpc) is 2.52. The number of hydrogen-bond donors (Lipinski definition) is 2. The molecule has 0 spiro atoms. The van der Waals surface area contributed by atoms with Gasteiger partial charge in [-0.2, -0.15) is 0 Å². The number of carboxylic acids is 1. The van der Waals surface area contributed by atoms with Crippen molar-refractivity contribution in [1.82, 2.24) is 9.88 Å². The van der Waals surface area contributed by atoms with Gasteiger partial charge in [0.25, 0.3) is 0 Å². The molecule has 1 fully saturated rings. The summed E-state index contributed by atoms with van der Waals surface area (Å²) in [5.41, 5.74) is 0.804. The average molecular weight is 310 g/mol. The first-order valence-corrected chi connectivity index (χ1v) is 6.79. The van der Waals surface area contributed by atoms with E-state index in [2.05, 4.69) is 4.98 Å². The highest BCUT2D eigenvalue weighted by Crippen LogP contribution is 2.37. The standard InChI is InChI=1S/C14H18N2O6/c1-21-8-22-12-11(13(17)18)10(4-7-16(12)14(19)20)9-2-5-15-6-3-9/h2-3,5-6,10-12H,4,7-8H2,1H3,(H,17,18)(H,19,20). The molecule has 0 aliphatic carbocycles. The molecule has 1 amide bonds. The lowest BCUT2D eigenvalue weighted by molar-refractivity contribution is -0.180. The molecule has 1 aromatic rings. The number of ether oxygens (including phenoxy) is 2. The van der Waals surface area contributed by atoms with Crippen LogP contribution in [0.25, 0.3) is 0 Å². The van der Waals surface area contributed by atoms with Gasteiger partial charge >= 0.3 is 12.1 Å². The highest BCUT2D eigenvalue weighted by molar-refractivity contribution is 5.74. The second-order valence-electron chi connectivity index (χ2n) is 4.98. The number of hydrogen-bond acceptors (Lipinski definition) is 5. The molecule has 0 bridgehead atoms. The topological polar surface area (TPSA) is 109 Å². The highest BCUT2D eigenvalue weighted by atomic mass is 16.7. The molecular formula is C14H18N2O6. The lowest BCUT2D eigenvalue weighted by Crippen LogP contribution is -2.54. The van der Waals surface area contributed by atoms with E-state index in [0.717, 1.165) is 10.5 Å². The number of aliphatic carboxylic acids is 1. The molecule has 0 saturated carbocycles. The van der Waals surface area contributed by atoms with Crippen LogP contribution < -0.4 is 0 Å². The van der Waals surface area contributed by atoms with Gasteiger partial charge in [0.15, 0.2) is 6.23 Å². The number of likely N-dealkylation sites (tertiary alicyclic amines) is 1. The van der Waals surface area contributed by atoms with Crippen LogP contribution >= 0.6 is 0 Å². The fourth-order valence-corrected chi connectivity index (χ4v) is 2.79. The predicted molar refractivity (Wildman–Crippen MR) is 74.2 cm³/mol. The van der Waals surface area contributed by atoms with Crippen LogP contribution in [0.15, 0.2) is 24.5 Å². The molecular weight excluding hydrogens is 292 g/mol. The predicted octanol–water partition coefficient (Wildman–Crippen LogP) is 1.20. The van der Waals surface area contributed by atoms with Gasteiger partial charge in [-0.25, -0.2) is 4.79 Å². The Morgan fingerprint density at radius 2 is 2.05 bits per heavy atom. The Morgan fingerprint density at radius 1 is 1.36 bits per heavy atom. The Balaban J connectivity index is 2.33. The normalized spacial score (nSPS) is 25.0. The number of aromatic nitrogens is 1. The van der Waals surface area contributed by atoms with Crippen molar-refractivity contribution in [2.45, 2.75) is 18.6 Å². The zero-order valence-electron chi connectivity index (χ0n) is 12.1. The van der Waals surface area contributed by atoms with E-state index in [9.17, 15) is 19.8 Å². The second-order valence-corrected chi connectivity index (χ2v) is 4.98. The number of piperidine rings is 1. The Morgan fingerprint density at radius 3 is 2.59 bits per heavy atom. The fraction of sp³-hybridized carbons (Fsp3) is 0.500. The molecule has 8 nitrogen and oxygen atoms in total. The summed E-state index contributed by atoms with van der Waals surface area (Å²) in [6.45, 7) is 0.0157. The van der Waals surface area contributed by atoms with Gasteiger partial charge < -0.3 is 19.7 Å². The second kappa shape index (κ2) is 7.19. The van der Waals surface area contributed by atoms with Gasteiger partial charge in [0.2, 0.25) is 0 Å². The maximum atomic E-state index is 11.7. The van der Waals surface area contributed by atoms with Crippen molar-refractivity contribution in [3.63, 3.8) is 0 Å². The molecule has 0 aromatic carbocycles. The van der Waals surface area contributed by atoms with E-state index in [1.807, 2.05) is 0 Å². The van der Waals surface area contributed by atoms with E-state index in [-0.39, 0.29) is 19.3 Å². The maximum Gasteiger partial charge on any atom is 0.409 e. The Hall–Kier alpha value is -2.19. The number of nitrogens with zero attached hydrogens (tertiary/aromatic N) is 2. The van der Waals surface area contributed by atoms with E-state index in [4.69, 9.17) is 9.47 Å². The van der Waals surface area contributed by atoms with Crippen LogP contribution in [0.5, 0.6) is 0 Å². The first-order chi connectivity index (χ1) is 10.6. The molecule has 1 saturated heterocycles. The highest BCUT2D eigenvalue weighted by Gasteiger charge is 2.46. The van der Waals surface area contributed by atoms with Crippen LogP contribution in [0.3, 0.4) is 0 Å². The molecule has 2 heterocycles. The lowest BCUT2D eigenvalue weighted by atomic mass is 9.79. The smallest absolute Gasteiger partial charge is 0.409 e. The van der Waals surface area contributed by atoms with Crippen LogP contribution in [0.1, 0.15) is 17.9 Å². The van der Waals surface area contributed by atoms with Gasteiger partial charge in [0, 0.05) is 32.0 Å². The van der Waals surface area contributed by atoms with Crippen LogP contribution in [-0.2, 0) is 14.3 Å². The molecule has 2 N–H and O–H groups in total. The fourth-order valence-electron chi connectivity index (χ4n) is 2.79. The van der Waals surface area contributed by atoms with Gasteiger partial charge in [0.05, 0.1) is 0 Å². The Bertz CT molecular complexity index is 523. The van der Waals surface area contributed by atoms with Gasteiger partial charge in [-0.15, -0.1) is 0 Å². The number of methoxy groups -OCH3 is 1. The van der Waals surface area contributed by atoms with Crippen molar-refractivity contribution >= 4 is 12.1 Å². The summed E-state index contributed by atoms with van der Waals surface area (Å²) in [4.78, 5) is 28.0. The Kier molecular flexibility index (Phi) is 5.29. The number of carboxylic acid groups (broad SMARTS) is 2. The van der Waals surface area contributed by atoms with Crippen molar-refractivity contribution in [3.8, 4) is 0 Å². The van der Waals surface area contributed by atoms with E-state index < -0.39 is 24.2 Å². The Labute approximate surface area is 127 Å². The molecule has 2 rings (SSSR count). The summed E-state index contributed by atoms with van der Waals surface area (Å²) in [5.74, 6) is -2.46. The van der Waals surface area contributed by atoms with Crippen molar-refractivity contribution in [2.24, 2.45) is 5.92 Å². The van der Waals surface area contributed by atoms with Crippen molar-refractivity contribution < 1.29 is 29.3 Å². The third-order valence-electron chi connectivity index (χ3n) is 3.75. The maximum absolute atomic E-state index is 11.7. The molecule has 22 heavy (non-hydrogen) atoms. The summed E-state index contributed by atoms with van der Waals surface area (Å²) in [7, 11) is 1.39. The number of pyridine rings is 1. The largest absolute Gasteiger partial charge is 0.481 e. The van der Waals surface area contributed by atoms with Gasteiger partial charge in [-0.1, -0.05) is 0 Å². The summed E-state index contributed by atoms with van der Waals surface area (Å²) < 4.78 is 10.2. The minimum absolute atomic E-state index is 0.179. The minimum Gasteiger partial charge on any atom is -0.481 e. The summed E-state index contributed by atoms with van der Waals surface area (Å²) in [5, 5.41) is 18.8. The molecule has 8 heteroatoms. The van der Waals surface area contributed by atoms with Gasteiger partial charge in [-0.3, -0.25) is 14.7 Å². The van der Waals surface area contributed by atoms with Crippen LogP contribution in [0, 0.1) is 5.92 Å². The summed E-state index contributed by atoms with van der Waals surface area (Å²) in [6.07, 6.45) is 1.27. The number of carbonyl (C=O) groups is 2. The third-order valence-corrected chi connectivity index (χ3v) is 3.75. The molecule has 3 atom stereocenters. The first kappa shape index (κ1) is 16.2. The van der Waals surface area contributed by atoms with Crippen LogP contribution in [0.4, 0.5) is 4.79 Å². The van der Waals surface area contributed by atoms with Crippen molar-refractivity contribution in [2.75, 3.05) is 20.4 Å². The van der Waals surface area contributed by atoms with E-state index in [1.54, 1.807) is 24.5 Å². The van der Waals surface area contributed by atoms with Crippen LogP contribution in [0.2, 0.25) is 0 Å². The first-order valence-electron chi connectivity index (χ1n) is 6.79. The van der Waals surface area contributed by atoms with E-state index in [0.29, 0.717) is 6.42 Å². The molecule has 1 aliphatic rings. The quantitative estimate of drug-likeness (QED) is 0.786. The number of amides is 1. The van der Waals surface area contributed by atoms with Crippen molar-refractivity contribution in [3.05, 3.63) is 30.1 Å². The molecule has 120 valence electrons. The monoisotopic (exact) mass is 310 g/mol. The van der Waals surface area contributed by atoms with Crippen molar-refractivity contribution in [1.29, 1.82) is 0 Å². The summed E-state index contributed by atoms with van der Waals surface area (Å²) in [6, 6.07) is 3.48. The zero-order valence-corrected chi connectivity index (χ0v) is 12.1. The lowest BCUT2D eigenvalue weighted by Gasteiger charge is -2.41. The third kappa shape index (κ3) is 3.34. The zero-order chi connectivity index (χ0) is 16.1. The minimum atomic E-state index is -1.21. The molecule has 1 aromatic heterocycles. The van der Waals surface area contributed by atoms with Gasteiger partial charge in [0.1, 0.15) is 12.7 Å². The van der Waals surface area contributed by atoms with E-state index >= 15 is 0 Å². The molecule has 0 radical (unpaired) electrons. The van der Waals surface area contributed by atoms with E-state index in [1.165, 1.54) is 7.11 Å². The van der Waals surface area contributed by atoms with Gasteiger partial charge in [-0.05, 0) is 24.1 Å². The number of rotatable bonds is 5. The van der Waals surface area contributed by atoms with Crippen LogP contribution in [-0.4, -0.2) is 58.8 Å². The summed E-state index contributed by atoms with van der Waals surface area (Å²) >= 11 is 0. The molecule has 3 unspecified atom stereocenters. The SMILES string of the molecule is COCOC1C(C(=O)O)C(c2ccncc2)CCN1C(=O)O. The molecule has 1 aliphatic heterocycles.